The molecule has 0 saturated heterocycles. The van der Waals surface area contributed by atoms with Gasteiger partial charge in [0.25, 0.3) is 5.91 Å². The first-order valence-electron chi connectivity index (χ1n) is 9.49. The van der Waals surface area contributed by atoms with Gasteiger partial charge in [0.2, 0.25) is 10.0 Å². The molecule has 1 unspecified atom stereocenters. The van der Waals surface area contributed by atoms with E-state index in [-0.39, 0.29) is 29.0 Å². The summed E-state index contributed by atoms with van der Waals surface area (Å²) in [6, 6.07) is 14.7. The monoisotopic (exact) mass is 460 g/mol. The van der Waals surface area contributed by atoms with Crippen molar-refractivity contribution in [1.82, 2.24) is 10.0 Å². The molecule has 0 spiro atoms. The van der Waals surface area contributed by atoms with Crippen molar-refractivity contribution in [3.05, 3.63) is 76.0 Å². The Morgan fingerprint density at radius 2 is 1.81 bits per heavy atom. The van der Waals surface area contributed by atoms with Gasteiger partial charge in [0, 0.05) is 17.0 Å². The summed E-state index contributed by atoms with van der Waals surface area (Å²) in [4.78, 5) is 13.7. The molecule has 0 saturated carbocycles. The highest BCUT2D eigenvalue weighted by molar-refractivity contribution is 7.89. The van der Waals surface area contributed by atoms with Crippen LogP contribution in [0.3, 0.4) is 0 Å². The molecule has 2 N–H and O–H groups in total. The second kappa shape index (κ2) is 9.95. The number of thiophene rings is 1. The van der Waals surface area contributed by atoms with Crippen LogP contribution in [-0.4, -0.2) is 28.5 Å². The average Bonchev–Trinajstić information content (AvgIpc) is 3.31. The van der Waals surface area contributed by atoms with E-state index in [2.05, 4.69) is 10.0 Å². The number of ether oxygens (including phenoxy) is 2. The molecule has 31 heavy (non-hydrogen) atoms. The first-order valence-corrected chi connectivity index (χ1v) is 11.8. The summed E-state index contributed by atoms with van der Waals surface area (Å²) < 4.78 is 38.3. The third-order valence-electron chi connectivity index (χ3n) is 4.68. The van der Waals surface area contributed by atoms with E-state index in [4.69, 9.17) is 9.47 Å². The zero-order valence-electron chi connectivity index (χ0n) is 17.4. The van der Waals surface area contributed by atoms with Gasteiger partial charge in [-0.2, -0.15) is 0 Å². The molecule has 0 aliphatic rings. The molecule has 2 aromatic carbocycles. The molecule has 1 heterocycles. The minimum Gasteiger partial charge on any atom is -0.493 e. The van der Waals surface area contributed by atoms with Crippen LogP contribution in [0, 0.1) is 0 Å². The lowest BCUT2D eigenvalue weighted by atomic mass is 10.1. The Bertz CT molecular complexity index is 1140. The zero-order chi connectivity index (χ0) is 22.4. The van der Waals surface area contributed by atoms with Crippen LogP contribution in [0.1, 0.15) is 33.8 Å². The molecule has 164 valence electrons. The maximum Gasteiger partial charge on any atom is 0.251 e. The molecule has 3 aromatic rings. The van der Waals surface area contributed by atoms with Crippen molar-refractivity contribution in [2.75, 3.05) is 14.2 Å². The Morgan fingerprint density at radius 3 is 2.48 bits per heavy atom. The molecule has 9 heteroatoms. The summed E-state index contributed by atoms with van der Waals surface area (Å²) in [5, 5.41) is 4.77. The predicted octanol–water partition coefficient (Wildman–Crippen LogP) is 3.73. The number of nitrogens with one attached hydrogen (secondary N) is 2. The van der Waals surface area contributed by atoms with E-state index in [0.29, 0.717) is 11.5 Å². The standard InChI is InChI=1S/C22H24N2O5S2/c1-15(16-9-10-20(28-2)21(13-16)29-3)24-22(25)17-6-4-8-19(12-17)31(26,27)23-14-18-7-5-11-30-18/h4-13,15,23H,14H2,1-3H3,(H,24,25). The molecule has 7 nitrogen and oxygen atoms in total. The van der Waals surface area contributed by atoms with Gasteiger partial charge in [0.1, 0.15) is 0 Å². The molecular formula is C22H24N2O5S2. The van der Waals surface area contributed by atoms with Crippen LogP contribution < -0.4 is 19.5 Å². The molecule has 1 atom stereocenters. The average molecular weight is 461 g/mol. The van der Waals surface area contributed by atoms with Gasteiger partial charge in [-0.15, -0.1) is 11.3 Å². The number of rotatable bonds is 9. The van der Waals surface area contributed by atoms with Crippen LogP contribution in [-0.2, 0) is 16.6 Å². The molecule has 0 fully saturated rings. The third kappa shape index (κ3) is 5.63. The maximum atomic E-state index is 12.7. The maximum absolute atomic E-state index is 12.7. The number of carbonyl (C=O) groups is 1. The Hall–Kier alpha value is -2.88. The van der Waals surface area contributed by atoms with Crippen molar-refractivity contribution in [3.8, 4) is 11.5 Å². The second-order valence-corrected chi connectivity index (χ2v) is 9.54. The topological polar surface area (TPSA) is 93.7 Å². The van der Waals surface area contributed by atoms with Crippen LogP contribution in [0.5, 0.6) is 11.5 Å². The van der Waals surface area contributed by atoms with Gasteiger partial charge < -0.3 is 14.8 Å². The number of benzene rings is 2. The summed E-state index contributed by atoms with van der Waals surface area (Å²) >= 11 is 1.47. The van der Waals surface area contributed by atoms with Crippen molar-refractivity contribution in [2.24, 2.45) is 0 Å². The highest BCUT2D eigenvalue weighted by Crippen LogP contribution is 2.30. The molecule has 0 bridgehead atoms. The van der Waals surface area contributed by atoms with E-state index in [9.17, 15) is 13.2 Å². The van der Waals surface area contributed by atoms with Crippen molar-refractivity contribution in [3.63, 3.8) is 0 Å². The Morgan fingerprint density at radius 1 is 1.03 bits per heavy atom. The lowest BCUT2D eigenvalue weighted by molar-refractivity contribution is 0.0939. The van der Waals surface area contributed by atoms with E-state index in [1.54, 1.807) is 38.5 Å². The van der Waals surface area contributed by atoms with Crippen LogP contribution >= 0.6 is 11.3 Å². The second-order valence-electron chi connectivity index (χ2n) is 6.74. The normalized spacial score (nSPS) is 12.2. The summed E-state index contributed by atoms with van der Waals surface area (Å²) in [5.74, 6) is 0.779. The van der Waals surface area contributed by atoms with Gasteiger partial charge in [0.15, 0.2) is 11.5 Å². The Kier molecular flexibility index (Phi) is 7.32. The SMILES string of the molecule is COc1ccc(C(C)NC(=O)c2cccc(S(=O)(=O)NCc3cccs3)c2)cc1OC. The molecule has 3 rings (SSSR count). The molecule has 0 aliphatic heterocycles. The molecule has 1 aromatic heterocycles. The predicted molar refractivity (Wildman–Crippen MR) is 120 cm³/mol. The van der Waals surface area contributed by atoms with E-state index >= 15 is 0 Å². The van der Waals surface area contributed by atoms with Crippen LogP contribution in [0.15, 0.2) is 64.9 Å². The van der Waals surface area contributed by atoms with Gasteiger partial charge in [-0.25, -0.2) is 13.1 Å². The van der Waals surface area contributed by atoms with Gasteiger partial charge in [0.05, 0.1) is 25.2 Å². The zero-order valence-corrected chi connectivity index (χ0v) is 19.0. The number of amides is 1. The van der Waals surface area contributed by atoms with Crippen LogP contribution in [0.4, 0.5) is 0 Å². The first kappa shape index (κ1) is 22.8. The third-order valence-corrected chi connectivity index (χ3v) is 6.95. The van der Waals surface area contributed by atoms with Crippen molar-refractivity contribution in [1.29, 1.82) is 0 Å². The molecule has 0 radical (unpaired) electrons. The lowest BCUT2D eigenvalue weighted by Crippen LogP contribution is -2.27. The Balaban J connectivity index is 1.72. The summed E-state index contributed by atoms with van der Waals surface area (Å²) in [6.45, 7) is 2.04. The fourth-order valence-corrected chi connectivity index (χ4v) is 4.74. The minimum absolute atomic E-state index is 0.0375. The first-order chi connectivity index (χ1) is 14.8. The fourth-order valence-electron chi connectivity index (χ4n) is 2.95. The van der Waals surface area contributed by atoms with Crippen LogP contribution in [0.2, 0.25) is 0 Å². The minimum atomic E-state index is -3.74. The van der Waals surface area contributed by atoms with Crippen molar-refractivity contribution in [2.45, 2.75) is 24.4 Å². The Labute approximate surface area is 186 Å². The molecular weight excluding hydrogens is 436 g/mol. The van der Waals surface area contributed by atoms with E-state index in [1.807, 2.05) is 30.5 Å². The molecule has 1 amide bonds. The number of carbonyl (C=O) groups excluding carboxylic acids is 1. The van der Waals surface area contributed by atoms with Crippen LogP contribution in [0.25, 0.3) is 0 Å². The number of sulfonamides is 1. The van der Waals surface area contributed by atoms with Gasteiger partial charge >= 0.3 is 0 Å². The smallest absolute Gasteiger partial charge is 0.251 e. The van der Waals surface area contributed by atoms with E-state index in [1.165, 1.54) is 23.5 Å². The summed E-state index contributed by atoms with van der Waals surface area (Å²) in [6.07, 6.45) is 0. The fraction of sp³-hybridized carbons (Fsp3) is 0.227. The van der Waals surface area contributed by atoms with E-state index < -0.39 is 10.0 Å². The largest absolute Gasteiger partial charge is 0.493 e. The summed E-state index contributed by atoms with van der Waals surface area (Å²) in [7, 11) is -0.644. The van der Waals surface area contributed by atoms with Gasteiger partial charge in [-0.3, -0.25) is 4.79 Å². The van der Waals surface area contributed by atoms with Gasteiger partial charge in [-0.05, 0) is 54.3 Å². The molecule has 0 aliphatic carbocycles. The van der Waals surface area contributed by atoms with Crippen molar-refractivity contribution < 1.29 is 22.7 Å². The number of methoxy groups -OCH3 is 2. The summed E-state index contributed by atoms with van der Waals surface area (Å²) in [5.41, 5.74) is 1.08. The lowest BCUT2D eigenvalue weighted by Gasteiger charge is -2.17. The number of hydrogen-bond donors (Lipinski definition) is 2. The highest BCUT2D eigenvalue weighted by Gasteiger charge is 2.18. The van der Waals surface area contributed by atoms with E-state index in [0.717, 1.165) is 10.4 Å². The van der Waals surface area contributed by atoms with Crippen molar-refractivity contribution >= 4 is 27.3 Å². The highest BCUT2D eigenvalue weighted by atomic mass is 32.2. The van der Waals surface area contributed by atoms with Gasteiger partial charge in [-0.1, -0.05) is 18.2 Å². The quantitative estimate of drug-likeness (QED) is 0.507. The number of hydrogen-bond acceptors (Lipinski definition) is 6.